The van der Waals surface area contributed by atoms with Gasteiger partial charge < -0.3 is 4.74 Å². The van der Waals surface area contributed by atoms with Gasteiger partial charge in [0.25, 0.3) is 0 Å². The van der Waals surface area contributed by atoms with Gasteiger partial charge in [0.05, 0.1) is 12.6 Å². The minimum Gasteiger partial charge on any atom is -0.497 e. The summed E-state index contributed by atoms with van der Waals surface area (Å²) in [5.41, 5.74) is 7.03. The maximum atomic E-state index is 5.34. The topological polar surface area (TPSA) is 35.0 Å². The Labute approximate surface area is 153 Å². The molecule has 0 N–H and O–H groups in total. The molecule has 0 spiro atoms. The van der Waals surface area contributed by atoms with Crippen molar-refractivity contribution in [1.29, 1.82) is 0 Å². The zero-order valence-corrected chi connectivity index (χ0v) is 14.9. The molecular weight excluding hydrogens is 320 g/mol. The third-order valence-electron chi connectivity index (χ3n) is 4.74. The Morgan fingerprint density at radius 1 is 0.923 bits per heavy atom. The van der Waals surface area contributed by atoms with Crippen molar-refractivity contribution in [2.45, 2.75) is 13.3 Å². The summed E-state index contributed by atoms with van der Waals surface area (Å²) in [6, 6.07) is 18.6. The highest BCUT2D eigenvalue weighted by Gasteiger charge is 2.13. The molecule has 2 aromatic carbocycles. The van der Waals surface area contributed by atoms with Gasteiger partial charge in [-0.3, -0.25) is 9.97 Å². The Bertz CT molecular complexity index is 1060. The summed E-state index contributed by atoms with van der Waals surface area (Å²) in [6.45, 7) is 2.13. The van der Waals surface area contributed by atoms with E-state index >= 15 is 0 Å². The quantitative estimate of drug-likeness (QED) is 0.512. The molecule has 0 aliphatic rings. The first-order chi connectivity index (χ1) is 12.8. The summed E-state index contributed by atoms with van der Waals surface area (Å²) < 4.78 is 5.34. The van der Waals surface area contributed by atoms with E-state index in [1.807, 2.05) is 36.8 Å². The van der Waals surface area contributed by atoms with Gasteiger partial charge in [-0.15, -0.1) is 0 Å². The van der Waals surface area contributed by atoms with Crippen molar-refractivity contribution >= 4 is 10.9 Å². The number of fused-ring (bicyclic) bond motifs is 1. The van der Waals surface area contributed by atoms with Crippen LogP contribution in [0.15, 0.2) is 73.2 Å². The number of methoxy groups -OCH3 is 1. The Morgan fingerprint density at radius 3 is 2.58 bits per heavy atom. The maximum absolute atomic E-state index is 5.34. The van der Waals surface area contributed by atoms with E-state index in [0.717, 1.165) is 34.2 Å². The molecule has 3 heteroatoms. The van der Waals surface area contributed by atoms with Crippen molar-refractivity contribution in [1.82, 2.24) is 9.97 Å². The van der Waals surface area contributed by atoms with E-state index in [9.17, 15) is 0 Å². The van der Waals surface area contributed by atoms with Gasteiger partial charge in [-0.25, -0.2) is 0 Å². The van der Waals surface area contributed by atoms with Crippen molar-refractivity contribution in [3.05, 3.63) is 89.9 Å². The van der Waals surface area contributed by atoms with E-state index in [0.29, 0.717) is 0 Å². The summed E-state index contributed by atoms with van der Waals surface area (Å²) >= 11 is 0. The van der Waals surface area contributed by atoms with Crippen molar-refractivity contribution in [3.8, 4) is 16.9 Å². The lowest BCUT2D eigenvalue weighted by atomic mass is 9.92. The Balaban J connectivity index is 1.89. The molecule has 4 aromatic rings. The second-order valence-electron chi connectivity index (χ2n) is 6.39. The molecule has 2 aromatic heterocycles. The number of ether oxygens (including phenoxy) is 1. The number of nitrogens with zero attached hydrogens (tertiary/aromatic N) is 2. The third-order valence-corrected chi connectivity index (χ3v) is 4.74. The lowest BCUT2D eigenvalue weighted by Crippen LogP contribution is -1.98. The van der Waals surface area contributed by atoms with Crippen LogP contribution >= 0.6 is 0 Å². The van der Waals surface area contributed by atoms with Gasteiger partial charge in [-0.1, -0.05) is 30.3 Å². The molecule has 0 radical (unpaired) electrons. The Morgan fingerprint density at radius 2 is 1.77 bits per heavy atom. The van der Waals surface area contributed by atoms with Crippen LogP contribution in [-0.2, 0) is 6.42 Å². The van der Waals surface area contributed by atoms with Crippen LogP contribution in [0, 0.1) is 6.92 Å². The second-order valence-corrected chi connectivity index (χ2v) is 6.39. The molecule has 0 amide bonds. The van der Waals surface area contributed by atoms with Crippen LogP contribution < -0.4 is 4.74 Å². The number of pyridine rings is 2. The highest BCUT2D eigenvalue weighted by Crippen LogP contribution is 2.33. The average Bonchev–Trinajstić information content (AvgIpc) is 2.69. The van der Waals surface area contributed by atoms with E-state index < -0.39 is 0 Å². The average molecular weight is 340 g/mol. The minimum absolute atomic E-state index is 0.814. The van der Waals surface area contributed by atoms with Crippen LogP contribution in [0.25, 0.3) is 22.0 Å². The molecule has 3 nitrogen and oxygen atoms in total. The number of aryl methyl sites for hydroxylation is 1. The molecule has 4 rings (SSSR count). The third kappa shape index (κ3) is 3.04. The van der Waals surface area contributed by atoms with Crippen LogP contribution in [0.5, 0.6) is 5.75 Å². The van der Waals surface area contributed by atoms with E-state index in [4.69, 9.17) is 4.74 Å². The van der Waals surface area contributed by atoms with Gasteiger partial charge in [-0.2, -0.15) is 0 Å². The summed E-state index contributed by atoms with van der Waals surface area (Å²) in [5, 5.41) is 1.11. The maximum Gasteiger partial charge on any atom is 0.121 e. The molecule has 0 saturated heterocycles. The van der Waals surface area contributed by atoms with Crippen LogP contribution in [0.3, 0.4) is 0 Å². The predicted octanol–water partition coefficient (Wildman–Crippen LogP) is 5.20. The second kappa shape index (κ2) is 6.96. The number of benzene rings is 2. The highest BCUT2D eigenvalue weighted by atomic mass is 16.5. The monoisotopic (exact) mass is 340 g/mol. The van der Waals surface area contributed by atoms with Crippen LogP contribution in [-0.4, -0.2) is 17.1 Å². The molecule has 128 valence electrons. The molecule has 0 atom stereocenters. The smallest absolute Gasteiger partial charge is 0.121 e. The number of hydrogen-bond donors (Lipinski definition) is 0. The molecular formula is C23H20N2O. The number of rotatable bonds is 4. The van der Waals surface area contributed by atoms with Gasteiger partial charge in [0.15, 0.2) is 0 Å². The van der Waals surface area contributed by atoms with Crippen molar-refractivity contribution in [2.75, 3.05) is 7.11 Å². The fourth-order valence-corrected chi connectivity index (χ4v) is 3.35. The van der Waals surface area contributed by atoms with Crippen LogP contribution in [0.4, 0.5) is 0 Å². The van der Waals surface area contributed by atoms with Crippen molar-refractivity contribution in [3.63, 3.8) is 0 Å². The van der Waals surface area contributed by atoms with Crippen molar-refractivity contribution < 1.29 is 4.74 Å². The van der Waals surface area contributed by atoms with E-state index in [1.54, 1.807) is 7.11 Å². The van der Waals surface area contributed by atoms with Gasteiger partial charge in [-0.05, 0) is 53.8 Å². The Hall–Kier alpha value is -3.20. The largest absolute Gasteiger partial charge is 0.497 e. The number of hydrogen-bond acceptors (Lipinski definition) is 3. The molecule has 26 heavy (non-hydrogen) atoms. The Kier molecular flexibility index (Phi) is 4.36. The molecule has 0 unspecified atom stereocenters. The normalized spacial score (nSPS) is 10.8. The lowest BCUT2D eigenvalue weighted by Gasteiger charge is -2.14. The molecule has 0 bridgehead atoms. The predicted molar refractivity (Wildman–Crippen MR) is 106 cm³/mol. The van der Waals surface area contributed by atoms with Gasteiger partial charge in [0, 0.05) is 35.6 Å². The molecule has 0 saturated carbocycles. The van der Waals surface area contributed by atoms with Gasteiger partial charge in [0.2, 0.25) is 0 Å². The molecule has 0 fully saturated rings. The van der Waals surface area contributed by atoms with Gasteiger partial charge in [0.1, 0.15) is 5.75 Å². The summed E-state index contributed by atoms with van der Waals surface area (Å²) in [4.78, 5) is 8.97. The van der Waals surface area contributed by atoms with Crippen LogP contribution in [0.2, 0.25) is 0 Å². The fourth-order valence-electron chi connectivity index (χ4n) is 3.35. The first-order valence-electron chi connectivity index (χ1n) is 8.67. The van der Waals surface area contributed by atoms with E-state index in [1.165, 1.54) is 16.7 Å². The van der Waals surface area contributed by atoms with E-state index in [2.05, 4.69) is 53.3 Å². The summed E-state index contributed by atoms with van der Waals surface area (Å²) in [7, 11) is 1.67. The zero-order valence-electron chi connectivity index (χ0n) is 14.9. The van der Waals surface area contributed by atoms with Gasteiger partial charge >= 0.3 is 0 Å². The minimum atomic E-state index is 0.814. The summed E-state index contributed by atoms with van der Waals surface area (Å²) in [5.74, 6) is 0.814. The first-order valence-corrected chi connectivity index (χ1v) is 8.67. The van der Waals surface area contributed by atoms with Crippen LogP contribution in [0.1, 0.15) is 16.7 Å². The first kappa shape index (κ1) is 16.3. The fraction of sp³-hybridized carbons (Fsp3) is 0.130. The van der Waals surface area contributed by atoms with Crippen molar-refractivity contribution in [2.24, 2.45) is 0 Å². The lowest BCUT2D eigenvalue weighted by molar-refractivity contribution is 0.415. The molecule has 2 heterocycles. The molecule has 0 aliphatic carbocycles. The standard InChI is InChI=1S/C23H20N2O/c1-16-14-24-15-22(21(16)12-17-6-4-3-5-7-17)19-10-11-25-23-13-18(26-2)8-9-20(19)23/h3-11,13-15H,12H2,1-2H3. The van der Waals surface area contributed by atoms with E-state index in [-0.39, 0.29) is 0 Å². The SMILES string of the molecule is COc1ccc2c(-c3cncc(C)c3Cc3ccccc3)ccnc2c1. The summed E-state index contributed by atoms with van der Waals surface area (Å²) in [6.07, 6.45) is 6.63. The highest BCUT2D eigenvalue weighted by molar-refractivity contribution is 5.95. The molecule has 0 aliphatic heterocycles. The zero-order chi connectivity index (χ0) is 17.9. The number of aromatic nitrogens is 2.